The van der Waals surface area contributed by atoms with Crippen LogP contribution in [0.1, 0.15) is 20.8 Å². The topological polar surface area (TPSA) is 81.2 Å². The number of nitrogens with zero attached hydrogens (tertiary/aromatic N) is 3. The van der Waals surface area contributed by atoms with Crippen molar-refractivity contribution >= 4 is 15.8 Å². The quantitative estimate of drug-likeness (QED) is 0.839. The third-order valence-electron chi connectivity index (χ3n) is 2.46. The predicted octanol–water partition coefficient (Wildman–Crippen LogP) is 0.514. The third kappa shape index (κ3) is 2.19. The molecule has 0 aliphatic heterocycles. The van der Waals surface area contributed by atoms with E-state index >= 15 is 0 Å². The van der Waals surface area contributed by atoms with Crippen LogP contribution in [0.25, 0.3) is 0 Å². The van der Waals surface area contributed by atoms with Crippen molar-refractivity contribution in [3.63, 3.8) is 0 Å². The van der Waals surface area contributed by atoms with Gasteiger partial charge in [-0.15, -0.1) is 0 Å². The van der Waals surface area contributed by atoms with E-state index < -0.39 is 10.0 Å². The first-order chi connectivity index (χ1) is 7.30. The number of nitrogens with two attached hydrogens (primary N) is 1. The minimum Gasteiger partial charge on any atom is -0.381 e. The molecule has 92 valence electrons. The molecule has 0 saturated carbocycles. The minimum atomic E-state index is -3.53. The highest BCUT2D eigenvalue weighted by Crippen LogP contribution is 2.21. The standard InChI is InChI=1S/C9H18N4O2S/c1-5-13-6-8(9(10)11-13)16(14,15)12(4)7(2)3/h6-7H,5H2,1-4H3,(H2,10,11). The summed E-state index contributed by atoms with van der Waals surface area (Å²) in [6, 6.07) is -0.116. The molecule has 0 radical (unpaired) electrons. The molecule has 0 aliphatic rings. The lowest BCUT2D eigenvalue weighted by Crippen LogP contribution is -2.33. The summed E-state index contributed by atoms with van der Waals surface area (Å²) >= 11 is 0. The zero-order chi connectivity index (χ0) is 12.5. The normalized spacial score (nSPS) is 12.6. The summed E-state index contributed by atoms with van der Waals surface area (Å²) in [4.78, 5) is 0.0746. The van der Waals surface area contributed by atoms with E-state index in [0.29, 0.717) is 6.54 Å². The van der Waals surface area contributed by atoms with Crippen molar-refractivity contribution in [3.8, 4) is 0 Å². The Labute approximate surface area is 96.1 Å². The molecule has 0 saturated heterocycles. The van der Waals surface area contributed by atoms with Crippen molar-refractivity contribution in [2.45, 2.75) is 38.3 Å². The molecule has 0 unspecified atom stereocenters. The number of hydrogen-bond acceptors (Lipinski definition) is 4. The van der Waals surface area contributed by atoms with Crippen LogP contribution in [-0.4, -0.2) is 35.6 Å². The molecule has 0 fully saturated rings. The molecule has 0 aliphatic carbocycles. The van der Waals surface area contributed by atoms with E-state index in [4.69, 9.17) is 5.73 Å². The van der Waals surface area contributed by atoms with Crippen LogP contribution >= 0.6 is 0 Å². The Kier molecular flexibility index (Phi) is 3.59. The van der Waals surface area contributed by atoms with Gasteiger partial charge < -0.3 is 5.73 Å². The van der Waals surface area contributed by atoms with Gasteiger partial charge in [0.15, 0.2) is 5.82 Å². The first-order valence-electron chi connectivity index (χ1n) is 5.11. The lowest BCUT2D eigenvalue weighted by molar-refractivity contribution is 0.411. The van der Waals surface area contributed by atoms with Crippen molar-refractivity contribution in [3.05, 3.63) is 6.20 Å². The fraction of sp³-hybridized carbons (Fsp3) is 0.667. The fourth-order valence-corrected chi connectivity index (χ4v) is 2.64. The van der Waals surface area contributed by atoms with E-state index in [1.807, 2.05) is 6.92 Å². The van der Waals surface area contributed by atoms with E-state index in [9.17, 15) is 8.42 Å². The van der Waals surface area contributed by atoms with Crippen LogP contribution < -0.4 is 5.73 Å². The molecule has 0 bridgehead atoms. The van der Waals surface area contributed by atoms with Gasteiger partial charge in [-0.2, -0.15) is 9.40 Å². The van der Waals surface area contributed by atoms with E-state index in [-0.39, 0.29) is 16.8 Å². The smallest absolute Gasteiger partial charge is 0.248 e. The fourth-order valence-electron chi connectivity index (χ4n) is 1.21. The van der Waals surface area contributed by atoms with Crippen LogP contribution in [0.5, 0.6) is 0 Å². The Bertz CT molecular complexity index is 464. The minimum absolute atomic E-state index is 0.0503. The summed E-state index contributed by atoms with van der Waals surface area (Å²) in [5.41, 5.74) is 5.60. The number of aryl methyl sites for hydroxylation is 1. The van der Waals surface area contributed by atoms with Gasteiger partial charge >= 0.3 is 0 Å². The molecule has 7 heteroatoms. The Balaban J connectivity index is 3.22. The molecule has 16 heavy (non-hydrogen) atoms. The zero-order valence-corrected chi connectivity index (χ0v) is 10.8. The highest BCUT2D eigenvalue weighted by atomic mass is 32.2. The molecule has 2 N–H and O–H groups in total. The average Bonchev–Trinajstić information content (AvgIpc) is 2.58. The molecule has 1 aromatic heterocycles. The second-order valence-corrected chi connectivity index (χ2v) is 5.82. The Morgan fingerprint density at radius 2 is 2.12 bits per heavy atom. The van der Waals surface area contributed by atoms with Crippen LogP contribution in [0.4, 0.5) is 5.82 Å². The van der Waals surface area contributed by atoms with E-state index in [1.54, 1.807) is 13.8 Å². The highest BCUT2D eigenvalue weighted by Gasteiger charge is 2.27. The summed E-state index contributed by atoms with van der Waals surface area (Å²) in [5.74, 6) is 0.0503. The van der Waals surface area contributed by atoms with Crippen LogP contribution in [-0.2, 0) is 16.6 Å². The van der Waals surface area contributed by atoms with Gasteiger partial charge in [-0.05, 0) is 20.8 Å². The molecule has 0 aromatic carbocycles. The molecule has 1 heterocycles. The van der Waals surface area contributed by atoms with Gasteiger partial charge in [0.05, 0.1) is 0 Å². The molecule has 1 aromatic rings. The van der Waals surface area contributed by atoms with Crippen LogP contribution in [0.3, 0.4) is 0 Å². The van der Waals surface area contributed by atoms with Gasteiger partial charge in [0.25, 0.3) is 0 Å². The molecular weight excluding hydrogens is 228 g/mol. The summed E-state index contributed by atoms with van der Waals surface area (Å²) in [6.45, 7) is 6.07. The molecule has 1 rings (SSSR count). The van der Waals surface area contributed by atoms with Crippen LogP contribution in [0, 0.1) is 0 Å². The second kappa shape index (κ2) is 4.42. The number of rotatable bonds is 4. The van der Waals surface area contributed by atoms with E-state index in [1.165, 1.54) is 22.2 Å². The predicted molar refractivity (Wildman–Crippen MR) is 62.4 cm³/mol. The number of sulfonamides is 1. The van der Waals surface area contributed by atoms with Gasteiger partial charge in [0.1, 0.15) is 4.90 Å². The lowest BCUT2D eigenvalue weighted by atomic mass is 10.4. The molecule has 0 atom stereocenters. The Hall–Kier alpha value is -1.08. The molecule has 6 nitrogen and oxygen atoms in total. The van der Waals surface area contributed by atoms with Gasteiger partial charge in [0, 0.05) is 25.8 Å². The lowest BCUT2D eigenvalue weighted by Gasteiger charge is -2.20. The highest BCUT2D eigenvalue weighted by molar-refractivity contribution is 7.89. The summed E-state index contributed by atoms with van der Waals surface area (Å²) in [7, 11) is -2.00. The Morgan fingerprint density at radius 1 is 1.56 bits per heavy atom. The van der Waals surface area contributed by atoms with E-state index in [0.717, 1.165) is 0 Å². The monoisotopic (exact) mass is 246 g/mol. The van der Waals surface area contributed by atoms with Gasteiger partial charge in [0.2, 0.25) is 10.0 Å². The number of nitrogen functional groups attached to an aromatic ring is 1. The molecule has 0 spiro atoms. The maximum Gasteiger partial charge on any atom is 0.248 e. The van der Waals surface area contributed by atoms with Crippen molar-refractivity contribution in [2.24, 2.45) is 0 Å². The first-order valence-corrected chi connectivity index (χ1v) is 6.55. The first kappa shape index (κ1) is 13.0. The van der Waals surface area contributed by atoms with Crippen molar-refractivity contribution < 1.29 is 8.42 Å². The zero-order valence-electron chi connectivity index (χ0n) is 10.0. The van der Waals surface area contributed by atoms with Gasteiger partial charge in [-0.25, -0.2) is 8.42 Å². The number of aromatic nitrogens is 2. The van der Waals surface area contributed by atoms with Gasteiger partial charge in [-0.3, -0.25) is 4.68 Å². The summed E-state index contributed by atoms with van der Waals surface area (Å²) in [6.07, 6.45) is 1.46. The van der Waals surface area contributed by atoms with Gasteiger partial charge in [-0.1, -0.05) is 0 Å². The largest absolute Gasteiger partial charge is 0.381 e. The second-order valence-electron chi connectivity index (χ2n) is 3.85. The van der Waals surface area contributed by atoms with Crippen molar-refractivity contribution in [1.29, 1.82) is 0 Å². The van der Waals surface area contributed by atoms with Crippen LogP contribution in [0.15, 0.2) is 11.1 Å². The molecular formula is C9H18N4O2S. The number of hydrogen-bond donors (Lipinski definition) is 1. The maximum atomic E-state index is 12.1. The number of anilines is 1. The summed E-state index contributed by atoms with van der Waals surface area (Å²) < 4.78 is 27.0. The SMILES string of the molecule is CCn1cc(S(=O)(=O)N(C)C(C)C)c(N)n1. The maximum absolute atomic E-state index is 12.1. The third-order valence-corrected chi connectivity index (χ3v) is 4.51. The van der Waals surface area contributed by atoms with Crippen molar-refractivity contribution in [2.75, 3.05) is 12.8 Å². The molecule has 0 amide bonds. The average molecular weight is 246 g/mol. The van der Waals surface area contributed by atoms with Crippen LogP contribution in [0.2, 0.25) is 0 Å². The van der Waals surface area contributed by atoms with E-state index in [2.05, 4.69) is 5.10 Å². The summed E-state index contributed by atoms with van der Waals surface area (Å²) in [5, 5.41) is 3.93. The Morgan fingerprint density at radius 3 is 2.50 bits per heavy atom. The van der Waals surface area contributed by atoms with Crippen molar-refractivity contribution in [1.82, 2.24) is 14.1 Å².